The number of rotatable bonds is 5. The van der Waals surface area contributed by atoms with Crippen LogP contribution in [-0.2, 0) is 16.6 Å². The Labute approximate surface area is 199 Å². The Morgan fingerprint density at radius 1 is 1.22 bits per heavy atom. The molecule has 1 amide bonds. The number of piperidine rings is 1. The molecule has 172 valence electrons. The van der Waals surface area contributed by atoms with Crippen molar-refractivity contribution in [2.24, 2.45) is 0 Å². The van der Waals surface area contributed by atoms with Gasteiger partial charge in [0.2, 0.25) is 5.91 Å². The van der Waals surface area contributed by atoms with Gasteiger partial charge >= 0.3 is 0 Å². The third kappa shape index (κ3) is 4.49. The molecule has 1 aliphatic carbocycles. The van der Waals surface area contributed by atoms with Crippen LogP contribution in [0.15, 0.2) is 42.5 Å². The van der Waals surface area contributed by atoms with Crippen LogP contribution in [0.2, 0.25) is 10.0 Å². The second-order valence-corrected chi connectivity index (χ2v) is 10.1. The lowest BCUT2D eigenvalue weighted by molar-refractivity contribution is -0.131. The van der Waals surface area contributed by atoms with Crippen molar-refractivity contribution in [2.45, 2.75) is 49.2 Å². The fourth-order valence-corrected chi connectivity index (χ4v) is 5.85. The van der Waals surface area contributed by atoms with Crippen molar-refractivity contribution >= 4 is 29.1 Å². The first-order valence-corrected chi connectivity index (χ1v) is 11.8. The van der Waals surface area contributed by atoms with E-state index in [2.05, 4.69) is 23.3 Å². The molecule has 2 aliphatic rings. The second kappa shape index (κ2) is 9.22. The molecule has 0 radical (unpaired) electrons. The number of carbonyl (C=O) groups excluding carboxylic acids is 1. The summed E-state index contributed by atoms with van der Waals surface area (Å²) in [5.41, 5.74) is 0.618. The normalized spacial score (nSPS) is 28.1. The molecule has 1 aliphatic heterocycles. The molecule has 0 unspecified atom stereocenters. The highest BCUT2D eigenvalue weighted by Gasteiger charge is 2.57. The van der Waals surface area contributed by atoms with Gasteiger partial charge in [-0.05, 0) is 74.7 Å². The van der Waals surface area contributed by atoms with E-state index in [1.807, 2.05) is 24.3 Å². The summed E-state index contributed by atoms with van der Waals surface area (Å²) in [6.07, 6.45) is 3.13. The number of benzene rings is 2. The number of likely N-dealkylation sites (tertiary alicyclic amines) is 1. The van der Waals surface area contributed by atoms with Crippen LogP contribution < -0.4 is 10.1 Å². The molecule has 7 heteroatoms. The maximum atomic E-state index is 12.8. The van der Waals surface area contributed by atoms with Crippen LogP contribution in [-0.4, -0.2) is 54.8 Å². The molecule has 0 aromatic heterocycles. The van der Waals surface area contributed by atoms with Crippen molar-refractivity contribution in [1.82, 2.24) is 10.2 Å². The number of hydrogen-bond donors (Lipinski definition) is 2. The highest BCUT2D eigenvalue weighted by atomic mass is 35.5. The lowest BCUT2D eigenvalue weighted by atomic mass is 9.55. The van der Waals surface area contributed by atoms with Crippen molar-refractivity contribution in [2.75, 3.05) is 27.2 Å². The van der Waals surface area contributed by atoms with Gasteiger partial charge in [-0.3, -0.25) is 4.79 Å². The van der Waals surface area contributed by atoms with Crippen LogP contribution in [0.5, 0.6) is 5.75 Å². The topological polar surface area (TPSA) is 61.8 Å². The van der Waals surface area contributed by atoms with Crippen molar-refractivity contribution in [3.63, 3.8) is 0 Å². The summed E-state index contributed by atoms with van der Waals surface area (Å²) in [5.74, 6) is 0.733. The third-order valence-corrected chi connectivity index (χ3v) is 7.92. The number of nitrogens with one attached hydrogen (secondary N) is 1. The summed E-state index contributed by atoms with van der Waals surface area (Å²) in [4.78, 5) is 15.0. The first kappa shape index (κ1) is 23.4. The van der Waals surface area contributed by atoms with Gasteiger partial charge in [-0.2, -0.15) is 0 Å². The van der Waals surface area contributed by atoms with Crippen LogP contribution in [0, 0.1) is 0 Å². The van der Waals surface area contributed by atoms with Crippen LogP contribution in [0.25, 0.3) is 0 Å². The number of ether oxygens (including phenoxy) is 1. The Kier molecular flexibility index (Phi) is 6.73. The number of nitrogens with zero attached hydrogens (tertiary/aromatic N) is 1. The lowest BCUT2D eigenvalue weighted by Crippen LogP contribution is -2.66. The van der Waals surface area contributed by atoms with E-state index in [1.54, 1.807) is 19.2 Å². The maximum Gasteiger partial charge on any atom is 0.224 e. The van der Waals surface area contributed by atoms with Gasteiger partial charge in [0.15, 0.2) is 0 Å². The zero-order valence-corrected chi connectivity index (χ0v) is 20.0. The fourth-order valence-electron chi connectivity index (χ4n) is 5.53. The zero-order chi connectivity index (χ0) is 22.9. The predicted octanol–water partition coefficient (Wildman–Crippen LogP) is 4.22. The highest BCUT2D eigenvalue weighted by molar-refractivity contribution is 6.42. The number of methoxy groups -OCH3 is 1. The standard InChI is InChI=1S/C25H30Cl2N2O3/c1-29-11-10-24(18-4-3-5-20(14-18)32-2)15-19(8-9-25(24,31)16-29)28-23(30)13-17-6-7-21(26)22(27)12-17/h3-7,12,14,19,31H,8-11,13,15-16H2,1-2H3,(H,28,30)/t19-,24-,25-/m0/s1. The Balaban J connectivity index is 1.56. The van der Waals surface area contributed by atoms with Crippen LogP contribution in [0.3, 0.4) is 0 Å². The summed E-state index contributed by atoms with van der Waals surface area (Å²) in [6, 6.07) is 13.3. The molecule has 2 aromatic rings. The quantitative estimate of drug-likeness (QED) is 0.677. The number of aliphatic hydroxyl groups is 1. The van der Waals surface area contributed by atoms with Gasteiger partial charge in [0.1, 0.15) is 5.75 Å². The third-order valence-electron chi connectivity index (χ3n) is 7.18. The van der Waals surface area contributed by atoms with E-state index in [0.29, 0.717) is 29.4 Å². The molecular weight excluding hydrogens is 447 g/mol. The molecule has 2 fully saturated rings. The van der Waals surface area contributed by atoms with Crippen molar-refractivity contribution < 1.29 is 14.6 Å². The second-order valence-electron chi connectivity index (χ2n) is 9.27. The first-order chi connectivity index (χ1) is 15.2. The summed E-state index contributed by atoms with van der Waals surface area (Å²) in [5, 5.41) is 16.0. The number of amides is 1. The van der Waals surface area contributed by atoms with Crippen molar-refractivity contribution in [3.05, 3.63) is 63.6 Å². The Morgan fingerprint density at radius 3 is 2.78 bits per heavy atom. The van der Waals surface area contributed by atoms with E-state index in [-0.39, 0.29) is 18.4 Å². The minimum absolute atomic E-state index is 0.0137. The monoisotopic (exact) mass is 476 g/mol. The van der Waals surface area contributed by atoms with Crippen molar-refractivity contribution in [3.8, 4) is 5.75 Å². The van der Waals surface area contributed by atoms with Crippen molar-refractivity contribution in [1.29, 1.82) is 0 Å². The zero-order valence-electron chi connectivity index (χ0n) is 18.5. The van der Waals surface area contributed by atoms with Crippen LogP contribution >= 0.6 is 23.2 Å². The summed E-state index contributed by atoms with van der Waals surface area (Å²) < 4.78 is 5.47. The number of fused-ring (bicyclic) bond motifs is 1. The molecule has 3 atom stereocenters. The van der Waals surface area contributed by atoms with E-state index >= 15 is 0 Å². The number of likely N-dealkylation sites (N-methyl/N-ethyl adjacent to an activating group) is 1. The van der Waals surface area contributed by atoms with E-state index in [1.165, 1.54) is 0 Å². The smallest absolute Gasteiger partial charge is 0.224 e. The summed E-state index contributed by atoms with van der Waals surface area (Å²) in [6.45, 7) is 1.51. The van der Waals surface area contributed by atoms with Gasteiger partial charge < -0.3 is 20.1 Å². The molecular formula is C25H30Cl2N2O3. The number of hydrogen-bond acceptors (Lipinski definition) is 4. The molecule has 2 N–H and O–H groups in total. The van der Waals surface area contributed by atoms with Gasteiger partial charge in [-0.25, -0.2) is 0 Å². The SMILES string of the molecule is COc1cccc([C@@]23CCN(C)C[C@@]2(O)CC[C@H](NC(=O)Cc2ccc(Cl)c(Cl)c2)C3)c1. The average molecular weight is 477 g/mol. The van der Waals surface area contributed by atoms with Crippen LogP contribution in [0.1, 0.15) is 36.8 Å². The maximum absolute atomic E-state index is 12.8. The Bertz CT molecular complexity index is 1000. The van der Waals surface area contributed by atoms with E-state index in [4.69, 9.17) is 27.9 Å². The van der Waals surface area contributed by atoms with Gasteiger partial charge in [-0.15, -0.1) is 0 Å². The van der Waals surface area contributed by atoms with E-state index in [0.717, 1.165) is 36.3 Å². The molecule has 4 rings (SSSR count). The largest absolute Gasteiger partial charge is 0.497 e. The van der Waals surface area contributed by atoms with Crippen LogP contribution in [0.4, 0.5) is 0 Å². The molecule has 1 saturated heterocycles. The van der Waals surface area contributed by atoms with Gasteiger partial charge in [0, 0.05) is 18.0 Å². The molecule has 32 heavy (non-hydrogen) atoms. The number of halogens is 2. The summed E-state index contributed by atoms with van der Waals surface area (Å²) >= 11 is 12.1. The average Bonchev–Trinajstić information content (AvgIpc) is 2.76. The van der Waals surface area contributed by atoms with Gasteiger partial charge in [0.25, 0.3) is 0 Å². The molecule has 0 spiro atoms. The lowest BCUT2D eigenvalue weighted by Gasteiger charge is -2.57. The number of carbonyl (C=O) groups is 1. The molecule has 1 saturated carbocycles. The van der Waals surface area contributed by atoms with Gasteiger partial charge in [0.05, 0.1) is 29.2 Å². The fraction of sp³-hybridized carbons (Fsp3) is 0.480. The van der Waals surface area contributed by atoms with Gasteiger partial charge in [-0.1, -0.05) is 41.4 Å². The van der Waals surface area contributed by atoms with E-state index in [9.17, 15) is 9.90 Å². The Hall–Kier alpha value is -1.79. The molecule has 1 heterocycles. The summed E-state index contributed by atoms with van der Waals surface area (Å²) in [7, 11) is 3.71. The minimum atomic E-state index is -0.850. The predicted molar refractivity (Wildman–Crippen MR) is 128 cm³/mol. The Morgan fingerprint density at radius 2 is 2.03 bits per heavy atom. The molecule has 5 nitrogen and oxygen atoms in total. The molecule has 0 bridgehead atoms. The van der Waals surface area contributed by atoms with E-state index < -0.39 is 11.0 Å². The minimum Gasteiger partial charge on any atom is -0.497 e. The molecule has 2 aromatic carbocycles. The first-order valence-electron chi connectivity index (χ1n) is 11.0. The number of β-amino-alcohol motifs (C(OH)–C–C–N with tert-alkyl or cyclic N) is 1. The highest BCUT2D eigenvalue weighted by Crippen LogP contribution is 2.51.